The number of ether oxygens (including phenoxy) is 1. The maximum Gasteiger partial charge on any atom is 0.311 e. The Balaban J connectivity index is 2.93. The van der Waals surface area contributed by atoms with E-state index in [4.69, 9.17) is 4.74 Å². The number of aliphatic imine (C=N–C) groups is 1. The van der Waals surface area contributed by atoms with Crippen molar-refractivity contribution in [1.82, 2.24) is 0 Å². The largest absolute Gasteiger partial charge is 0.490 e. The summed E-state index contributed by atoms with van der Waals surface area (Å²) < 4.78 is 4.86. The van der Waals surface area contributed by atoms with Gasteiger partial charge in [-0.05, 0) is 18.1 Å². The molecular weight excluding hydrogens is 212 g/mol. The van der Waals surface area contributed by atoms with E-state index >= 15 is 0 Å². The molecule has 84 valence electrons. The van der Waals surface area contributed by atoms with E-state index in [2.05, 4.69) is 4.99 Å². The molecule has 0 saturated heterocycles. The van der Waals surface area contributed by atoms with Gasteiger partial charge in [0, 0.05) is 6.07 Å². The molecule has 1 aromatic rings. The van der Waals surface area contributed by atoms with E-state index in [0.29, 0.717) is 6.42 Å². The van der Waals surface area contributed by atoms with Gasteiger partial charge in [0.1, 0.15) is 0 Å². The number of benzene rings is 1. The van der Waals surface area contributed by atoms with Gasteiger partial charge in [0.15, 0.2) is 5.75 Å². The van der Waals surface area contributed by atoms with Gasteiger partial charge in [-0.1, -0.05) is 6.07 Å². The van der Waals surface area contributed by atoms with Crippen LogP contribution in [0.25, 0.3) is 0 Å². The Morgan fingerprint density at radius 1 is 1.56 bits per heavy atom. The van der Waals surface area contributed by atoms with Gasteiger partial charge < -0.3 is 4.74 Å². The molecule has 0 unspecified atom stereocenters. The van der Waals surface area contributed by atoms with Gasteiger partial charge in [0.05, 0.1) is 18.6 Å². The molecule has 0 heterocycles. The molecule has 0 aromatic heterocycles. The monoisotopic (exact) mass is 222 g/mol. The lowest BCUT2D eigenvalue weighted by Crippen LogP contribution is -1.96. The van der Waals surface area contributed by atoms with E-state index in [0.717, 1.165) is 5.56 Å². The molecule has 0 aliphatic heterocycles. The lowest BCUT2D eigenvalue weighted by Gasteiger charge is -2.03. The minimum atomic E-state index is -0.509. The Morgan fingerprint density at radius 2 is 2.31 bits per heavy atom. The van der Waals surface area contributed by atoms with Crippen LogP contribution in [0.5, 0.6) is 5.75 Å². The van der Waals surface area contributed by atoms with Crippen LogP contribution in [0, 0.1) is 10.1 Å². The second-order valence-electron chi connectivity index (χ2n) is 2.99. The SMILES string of the molecule is COc1ccc(CCN=C=O)cc1[N+](=O)[O-]. The van der Waals surface area contributed by atoms with Crippen molar-refractivity contribution in [2.75, 3.05) is 13.7 Å². The number of nitrogens with zero attached hydrogens (tertiary/aromatic N) is 2. The Morgan fingerprint density at radius 3 is 2.88 bits per heavy atom. The van der Waals surface area contributed by atoms with Crippen LogP contribution in [0.4, 0.5) is 5.69 Å². The zero-order valence-electron chi connectivity index (χ0n) is 8.67. The molecule has 0 N–H and O–H groups in total. The average Bonchev–Trinajstić information content (AvgIpc) is 2.29. The second-order valence-corrected chi connectivity index (χ2v) is 2.99. The Kier molecular flexibility index (Phi) is 4.17. The van der Waals surface area contributed by atoms with Gasteiger partial charge in [-0.3, -0.25) is 10.1 Å². The van der Waals surface area contributed by atoms with Crippen LogP contribution in [0.15, 0.2) is 23.2 Å². The van der Waals surface area contributed by atoms with E-state index in [-0.39, 0.29) is 18.0 Å². The summed E-state index contributed by atoms with van der Waals surface area (Å²) in [5.74, 6) is 0.215. The third kappa shape index (κ3) is 2.90. The van der Waals surface area contributed by atoms with Crippen molar-refractivity contribution in [2.45, 2.75) is 6.42 Å². The molecule has 0 aliphatic carbocycles. The Bertz CT molecular complexity index is 438. The summed E-state index contributed by atoms with van der Waals surface area (Å²) >= 11 is 0. The van der Waals surface area contributed by atoms with Crippen LogP contribution < -0.4 is 4.74 Å². The molecule has 0 saturated carbocycles. The van der Waals surface area contributed by atoms with E-state index in [1.54, 1.807) is 6.07 Å². The van der Waals surface area contributed by atoms with E-state index < -0.39 is 4.92 Å². The summed E-state index contributed by atoms with van der Waals surface area (Å²) in [6, 6.07) is 4.64. The van der Waals surface area contributed by atoms with Gasteiger partial charge in [-0.25, -0.2) is 9.79 Å². The minimum Gasteiger partial charge on any atom is -0.490 e. The summed E-state index contributed by atoms with van der Waals surface area (Å²) in [6.45, 7) is 0.271. The number of methoxy groups -OCH3 is 1. The van der Waals surface area contributed by atoms with E-state index in [1.807, 2.05) is 0 Å². The molecule has 0 spiro atoms. The van der Waals surface area contributed by atoms with Gasteiger partial charge in [0.2, 0.25) is 6.08 Å². The quantitative estimate of drug-likeness (QED) is 0.327. The number of rotatable bonds is 5. The number of carbonyl (C=O) groups excluding carboxylic acids is 1. The molecule has 6 nitrogen and oxygen atoms in total. The van der Waals surface area contributed by atoms with Crippen molar-refractivity contribution in [3.63, 3.8) is 0 Å². The number of nitro groups is 1. The van der Waals surface area contributed by atoms with Crippen molar-refractivity contribution in [3.05, 3.63) is 33.9 Å². The fraction of sp³-hybridized carbons (Fsp3) is 0.300. The van der Waals surface area contributed by atoms with Crippen LogP contribution in [0.2, 0.25) is 0 Å². The highest BCUT2D eigenvalue weighted by atomic mass is 16.6. The van der Waals surface area contributed by atoms with Crippen LogP contribution in [-0.2, 0) is 11.2 Å². The molecule has 16 heavy (non-hydrogen) atoms. The van der Waals surface area contributed by atoms with Gasteiger partial charge in [0.25, 0.3) is 0 Å². The molecule has 0 atom stereocenters. The molecule has 6 heteroatoms. The maximum absolute atomic E-state index is 10.7. The lowest BCUT2D eigenvalue weighted by atomic mass is 10.1. The first-order chi connectivity index (χ1) is 7.69. The molecule has 0 aliphatic rings. The zero-order chi connectivity index (χ0) is 12.0. The molecule has 0 radical (unpaired) electrons. The van der Waals surface area contributed by atoms with Gasteiger partial charge in [-0.2, -0.15) is 0 Å². The van der Waals surface area contributed by atoms with Crippen molar-refractivity contribution in [2.24, 2.45) is 4.99 Å². The van der Waals surface area contributed by atoms with Crippen molar-refractivity contribution in [3.8, 4) is 5.75 Å². The Labute approximate surface area is 91.7 Å². The summed E-state index contributed by atoms with van der Waals surface area (Å²) in [5, 5.41) is 10.7. The normalized spacial score (nSPS) is 9.31. The van der Waals surface area contributed by atoms with Crippen LogP contribution >= 0.6 is 0 Å². The molecule has 0 fully saturated rings. The van der Waals surface area contributed by atoms with Crippen molar-refractivity contribution in [1.29, 1.82) is 0 Å². The third-order valence-electron chi connectivity index (χ3n) is 2.02. The summed E-state index contributed by atoms with van der Waals surface area (Å²) in [7, 11) is 1.37. The van der Waals surface area contributed by atoms with Gasteiger partial charge >= 0.3 is 5.69 Å². The maximum atomic E-state index is 10.7. The van der Waals surface area contributed by atoms with Gasteiger partial charge in [-0.15, -0.1) is 0 Å². The van der Waals surface area contributed by atoms with Crippen LogP contribution in [0.1, 0.15) is 5.56 Å². The topological polar surface area (TPSA) is 81.8 Å². The van der Waals surface area contributed by atoms with Crippen LogP contribution in [-0.4, -0.2) is 24.7 Å². The number of nitro benzene ring substituents is 1. The molecule has 1 rings (SSSR count). The lowest BCUT2D eigenvalue weighted by molar-refractivity contribution is -0.385. The van der Waals surface area contributed by atoms with Crippen molar-refractivity contribution < 1.29 is 14.5 Å². The highest BCUT2D eigenvalue weighted by Crippen LogP contribution is 2.27. The molecule has 0 bridgehead atoms. The first-order valence-corrected chi connectivity index (χ1v) is 4.54. The fourth-order valence-electron chi connectivity index (χ4n) is 1.26. The highest BCUT2D eigenvalue weighted by molar-refractivity contribution is 5.48. The molecule has 0 amide bonds. The summed E-state index contributed by atoms with van der Waals surface area (Å²) in [4.78, 5) is 23.4. The summed E-state index contributed by atoms with van der Waals surface area (Å²) in [6.07, 6.45) is 1.87. The summed E-state index contributed by atoms with van der Waals surface area (Å²) in [5.41, 5.74) is 0.640. The molecule has 1 aromatic carbocycles. The molecular formula is C10H10N2O4. The number of hydrogen-bond acceptors (Lipinski definition) is 5. The second kappa shape index (κ2) is 5.63. The average molecular weight is 222 g/mol. The smallest absolute Gasteiger partial charge is 0.311 e. The van der Waals surface area contributed by atoms with E-state index in [1.165, 1.54) is 25.3 Å². The third-order valence-corrected chi connectivity index (χ3v) is 2.02. The predicted octanol–water partition coefficient (Wildman–Crippen LogP) is 1.48. The van der Waals surface area contributed by atoms with Crippen LogP contribution in [0.3, 0.4) is 0 Å². The first-order valence-electron chi connectivity index (χ1n) is 4.54. The standard InChI is InChI=1S/C10H10N2O4/c1-16-10-3-2-8(4-5-11-7-13)6-9(10)12(14)15/h2-3,6H,4-5H2,1H3. The number of isocyanates is 1. The zero-order valence-corrected chi connectivity index (χ0v) is 8.67. The van der Waals surface area contributed by atoms with E-state index in [9.17, 15) is 14.9 Å². The minimum absolute atomic E-state index is 0.0879. The fourth-order valence-corrected chi connectivity index (χ4v) is 1.26. The predicted molar refractivity (Wildman–Crippen MR) is 56.3 cm³/mol. The Hall–Kier alpha value is -2.20. The first kappa shape index (κ1) is 11.9. The number of hydrogen-bond donors (Lipinski definition) is 0. The highest BCUT2D eigenvalue weighted by Gasteiger charge is 2.14. The van der Waals surface area contributed by atoms with Crippen molar-refractivity contribution >= 4 is 11.8 Å².